The quantitative estimate of drug-likeness (QED) is 0.421. The van der Waals surface area contributed by atoms with E-state index in [0.717, 1.165) is 0 Å². The maximum Gasteiger partial charge on any atom is 0.578 e. The first-order valence-corrected chi connectivity index (χ1v) is 9.12. The highest BCUT2D eigenvalue weighted by molar-refractivity contribution is 7.92. The summed E-state index contributed by atoms with van der Waals surface area (Å²) in [7, 11) is 0. The van der Waals surface area contributed by atoms with Gasteiger partial charge >= 0.3 is 17.4 Å². The molecule has 1 unspecified atom stereocenters. The Morgan fingerprint density at radius 3 is 2.17 bits per heavy atom. The third-order valence-electron chi connectivity index (χ3n) is 3.49. The van der Waals surface area contributed by atoms with E-state index in [4.69, 9.17) is 28.9 Å². The van der Waals surface area contributed by atoms with Gasteiger partial charge in [-0.15, -0.1) is 13.2 Å². The van der Waals surface area contributed by atoms with Crippen molar-refractivity contribution < 1.29 is 35.4 Å². The normalized spacial score (nSPS) is 13.6. The molecule has 1 atom stereocenters. The molecular formula is C13H5Cl2F6N5O3S. The zero-order chi connectivity index (χ0) is 22.6. The van der Waals surface area contributed by atoms with E-state index < -0.39 is 72.1 Å². The van der Waals surface area contributed by atoms with E-state index in [2.05, 4.69) is 14.8 Å². The first-order chi connectivity index (χ1) is 13.7. The minimum Gasteiger partial charge on any atom is -0.604 e. The van der Waals surface area contributed by atoms with Crippen LogP contribution >= 0.6 is 23.2 Å². The van der Waals surface area contributed by atoms with Crippen LogP contribution in [-0.4, -0.2) is 30.0 Å². The molecule has 0 radical (unpaired) electrons. The Balaban J connectivity index is 2.30. The number of aromatic amines is 1. The Bertz CT molecular complexity index is 1150. The summed E-state index contributed by atoms with van der Waals surface area (Å²) in [6, 6.07) is 0.893. The molecule has 8 nitrogen and oxygen atoms in total. The lowest BCUT2D eigenvalue weighted by Gasteiger charge is -2.14. The molecule has 0 aliphatic carbocycles. The molecule has 2 aromatic heterocycles. The van der Waals surface area contributed by atoms with Crippen molar-refractivity contribution >= 4 is 40.2 Å². The summed E-state index contributed by atoms with van der Waals surface area (Å²) < 4.78 is 94.6. The van der Waals surface area contributed by atoms with Crippen LogP contribution in [0.5, 0.6) is 0 Å². The predicted molar refractivity (Wildman–Crippen MR) is 91.6 cm³/mol. The third-order valence-corrected chi connectivity index (χ3v) is 5.26. The number of hydrogen-bond acceptors (Lipinski definition) is 6. The first-order valence-electron chi connectivity index (χ1n) is 7.22. The predicted octanol–water partition coefficient (Wildman–Crippen LogP) is 3.75. The lowest BCUT2D eigenvalue weighted by molar-refractivity contribution is -0.137. The zero-order valence-electron chi connectivity index (χ0n) is 13.7. The average molecular weight is 496 g/mol. The summed E-state index contributed by atoms with van der Waals surface area (Å²) in [5, 5.41) is 5.48. The van der Waals surface area contributed by atoms with Gasteiger partial charge in [0.05, 0.1) is 15.6 Å². The van der Waals surface area contributed by atoms with Crippen LogP contribution in [0.4, 0.5) is 32.2 Å². The van der Waals surface area contributed by atoms with Gasteiger partial charge in [-0.05, 0) is 12.1 Å². The molecule has 2 heterocycles. The Morgan fingerprint density at radius 1 is 1.17 bits per heavy atom. The third kappa shape index (κ3) is 3.97. The topological polar surface area (TPSA) is 126 Å². The molecule has 1 aromatic carbocycles. The van der Waals surface area contributed by atoms with Gasteiger partial charge in [-0.3, -0.25) is 9.51 Å². The van der Waals surface area contributed by atoms with Crippen LogP contribution in [0.2, 0.25) is 10.0 Å². The highest BCUT2D eigenvalue weighted by Gasteiger charge is 2.50. The second-order valence-electron chi connectivity index (χ2n) is 5.42. The summed E-state index contributed by atoms with van der Waals surface area (Å²) >= 11 is 7.90. The van der Waals surface area contributed by atoms with E-state index >= 15 is 0 Å². The molecule has 0 saturated heterocycles. The fourth-order valence-corrected chi connectivity index (χ4v) is 3.77. The molecule has 162 valence electrons. The molecule has 3 N–H and O–H groups in total. The van der Waals surface area contributed by atoms with Crippen molar-refractivity contribution in [3.8, 4) is 17.2 Å². The summed E-state index contributed by atoms with van der Waals surface area (Å²) in [5.41, 5.74) is -2.24. The number of hydrogen-bond donors (Lipinski definition) is 2. The largest absolute Gasteiger partial charge is 0.604 e. The molecule has 0 fully saturated rings. The van der Waals surface area contributed by atoms with Crippen molar-refractivity contribution in [1.82, 2.24) is 19.9 Å². The number of aromatic nitrogens is 4. The van der Waals surface area contributed by atoms with Crippen LogP contribution in [0.25, 0.3) is 17.2 Å². The van der Waals surface area contributed by atoms with Gasteiger partial charge in [0, 0.05) is 0 Å². The number of anilines is 1. The Morgan fingerprint density at radius 2 is 1.73 bits per heavy atom. The SMILES string of the molecule is Nc1c([S+]([O-])C(F)(F)F)c(-c2noc(=O)[nH]2)nn1-c1c(Cl)cc(C(F)(F)F)cc1Cl. The highest BCUT2D eigenvalue weighted by Crippen LogP contribution is 2.42. The molecular weight excluding hydrogens is 491 g/mol. The first kappa shape index (κ1) is 22.3. The monoisotopic (exact) mass is 495 g/mol. The van der Waals surface area contributed by atoms with E-state index in [1.165, 1.54) is 0 Å². The second-order valence-corrected chi connectivity index (χ2v) is 7.64. The summed E-state index contributed by atoms with van der Waals surface area (Å²) in [5.74, 6) is -2.77. The Hall–Kier alpha value is -2.36. The number of H-pyrrole nitrogens is 1. The molecule has 0 saturated carbocycles. The number of nitrogen functional groups attached to an aromatic ring is 1. The van der Waals surface area contributed by atoms with Gasteiger partial charge in [0.2, 0.25) is 10.7 Å². The number of nitrogens with two attached hydrogens (primary N) is 1. The van der Waals surface area contributed by atoms with Crippen LogP contribution in [0.15, 0.2) is 26.3 Å². The van der Waals surface area contributed by atoms with E-state index in [0.29, 0.717) is 16.8 Å². The van der Waals surface area contributed by atoms with Crippen molar-refractivity contribution in [3.05, 3.63) is 38.3 Å². The van der Waals surface area contributed by atoms with Gasteiger partial charge in [0.15, 0.2) is 11.5 Å². The average Bonchev–Trinajstić information content (AvgIpc) is 3.16. The molecule has 0 aliphatic rings. The van der Waals surface area contributed by atoms with Crippen LogP contribution in [-0.2, 0) is 17.4 Å². The number of benzene rings is 1. The van der Waals surface area contributed by atoms with Crippen molar-refractivity contribution in [2.24, 2.45) is 0 Å². The van der Waals surface area contributed by atoms with Crippen molar-refractivity contribution in [2.45, 2.75) is 16.6 Å². The van der Waals surface area contributed by atoms with Gasteiger partial charge in [-0.25, -0.2) is 9.48 Å². The zero-order valence-corrected chi connectivity index (χ0v) is 16.1. The van der Waals surface area contributed by atoms with Crippen molar-refractivity contribution in [2.75, 3.05) is 5.73 Å². The Labute approximate surface area is 173 Å². The summed E-state index contributed by atoms with van der Waals surface area (Å²) in [6.07, 6.45) is -4.82. The van der Waals surface area contributed by atoms with Crippen LogP contribution in [0.3, 0.4) is 0 Å². The molecule has 30 heavy (non-hydrogen) atoms. The Kier molecular flexibility index (Phi) is 5.51. The minimum atomic E-state index is -5.31. The van der Waals surface area contributed by atoms with E-state index in [9.17, 15) is 35.7 Å². The van der Waals surface area contributed by atoms with Crippen LogP contribution in [0.1, 0.15) is 5.56 Å². The fourth-order valence-electron chi connectivity index (χ4n) is 2.30. The van der Waals surface area contributed by atoms with E-state index in [-0.39, 0.29) is 0 Å². The van der Waals surface area contributed by atoms with Crippen LogP contribution in [0, 0.1) is 0 Å². The number of rotatable bonds is 3. The second kappa shape index (κ2) is 7.40. The lowest BCUT2D eigenvalue weighted by atomic mass is 10.2. The standard InChI is InChI=1S/C13H5Cl2F6N5O3S/c14-4-1-3(12(16,17)18)2-5(15)7(4)26-9(22)8(30(28)13(19,20)21)6(24-26)10-23-11(27)29-25-10/h1-2H,22H2,(H,23,25,27). The van der Waals surface area contributed by atoms with Crippen molar-refractivity contribution in [1.29, 1.82) is 0 Å². The molecule has 3 aromatic rings. The van der Waals surface area contributed by atoms with Gasteiger partial charge in [-0.1, -0.05) is 28.4 Å². The molecule has 3 rings (SSSR count). The maximum absolute atomic E-state index is 13.1. The number of nitrogens with zero attached hydrogens (tertiary/aromatic N) is 3. The molecule has 0 spiro atoms. The highest BCUT2D eigenvalue weighted by atomic mass is 35.5. The smallest absolute Gasteiger partial charge is 0.578 e. The summed E-state index contributed by atoms with van der Waals surface area (Å²) in [6.45, 7) is 0. The van der Waals surface area contributed by atoms with Crippen LogP contribution < -0.4 is 11.5 Å². The molecule has 0 amide bonds. The molecule has 0 aliphatic heterocycles. The van der Waals surface area contributed by atoms with Crippen molar-refractivity contribution in [3.63, 3.8) is 0 Å². The minimum absolute atomic E-state index is 0.446. The van der Waals surface area contributed by atoms with Gasteiger partial charge in [0.25, 0.3) is 0 Å². The molecule has 0 bridgehead atoms. The van der Waals surface area contributed by atoms with E-state index in [1.54, 1.807) is 0 Å². The summed E-state index contributed by atoms with van der Waals surface area (Å²) in [4.78, 5) is 11.9. The van der Waals surface area contributed by atoms with Gasteiger partial charge in [0.1, 0.15) is 16.9 Å². The number of alkyl halides is 6. The lowest BCUT2D eigenvalue weighted by Crippen LogP contribution is -2.24. The fraction of sp³-hybridized carbons (Fsp3) is 0.154. The number of nitrogens with one attached hydrogen (secondary N) is 1. The van der Waals surface area contributed by atoms with E-state index in [1.807, 2.05) is 4.98 Å². The molecule has 17 heteroatoms. The van der Waals surface area contributed by atoms with Gasteiger partial charge < -0.3 is 10.3 Å². The maximum atomic E-state index is 13.1. The number of halogens is 8. The van der Waals surface area contributed by atoms with Gasteiger partial charge in [-0.2, -0.15) is 18.3 Å².